The molecule has 1 amide bonds. The Morgan fingerprint density at radius 3 is 2.85 bits per heavy atom. The van der Waals surface area contributed by atoms with Gasteiger partial charge in [0.1, 0.15) is 5.76 Å². The second-order valence-corrected chi connectivity index (χ2v) is 5.06. The molecule has 0 atom stereocenters. The fourth-order valence-corrected chi connectivity index (χ4v) is 1.72. The van der Waals surface area contributed by atoms with E-state index in [0.29, 0.717) is 0 Å². The molecule has 2 N–H and O–H groups in total. The zero-order chi connectivity index (χ0) is 14.8. The molecule has 0 radical (unpaired) electrons. The van der Waals surface area contributed by atoms with Crippen LogP contribution in [0.5, 0.6) is 0 Å². The Balaban J connectivity index is 2.00. The normalized spacial score (nSPS) is 11.9. The first kappa shape index (κ1) is 14.0. The third-order valence-electron chi connectivity index (χ3n) is 2.14. The number of furan rings is 1. The highest BCUT2D eigenvalue weighted by Gasteiger charge is 2.08. The smallest absolute Gasteiger partial charge is 0.291 e. The van der Waals surface area contributed by atoms with Gasteiger partial charge < -0.3 is 8.97 Å². The van der Waals surface area contributed by atoms with Crippen LogP contribution in [-0.4, -0.2) is 35.3 Å². The number of hydrogen-bond acceptors (Lipinski definition) is 7. The molecule has 2 aromatic rings. The lowest BCUT2D eigenvalue weighted by atomic mass is 10.4. The predicted molar refractivity (Wildman–Crippen MR) is 65.1 cm³/mol. The molecular formula is C10H9N4O5S-. The predicted octanol–water partition coefficient (Wildman–Crippen LogP) is -0.0209. The van der Waals surface area contributed by atoms with E-state index in [1.807, 2.05) is 0 Å². The molecular weight excluding hydrogens is 288 g/mol. The van der Waals surface area contributed by atoms with Crippen LogP contribution < -0.4 is 5.43 Å². The number of nitrogens with zero attached hydrogens (tertiary/aromatic N) is 2. The minimum Gasteiger partial charge on any atom is -0.742 e. The van der Waals surface area contributed by atoms with Gasteiger partial charge in [0.25, 0.3) is 5.91 Å². The van der Waals surface area contributed by atoms with Crippen LogP contribution in [0.3, 0.4) is 0 Å². The van der Waals surface area contributed by atoms with E-state index in [2.05, 4.69) is 20.7 Å². The number of H-pyrrole nitrogens is 1. The van der Waals surface area contributed by atoms with E-state index in [0.717, 1.165) is 18.0 Å². The molecule has 0 fully saturated rings. The molecule has 10 heteroatoms. The van der Waals surface area contributed by atoms with Crippen molar-refractivity contribution in [3.8, 4) is 0 Å². The topological polar surface area (TPSA) is 140 Å². The van der Waals surface area contributed by atoms with Gasteiger partial charge in [0.05, 0.1) is 6.21 Å². The number of aromatic nitrogens is 2. The molecule has 0 saturated heterocycles. The van der Waals surface area contributed by atoms with Crippen LogP contribution in [0, 0.1) is 6.92 Å². The minimum atomic E-state index is -4.64. The van der Waals surface area contributed by atoms with Crippen molar-refractivity contribution in [2.24, 2.45) is 5.10 Å². The minimum absolute atomic E-state index is 0.0120. The lowest BCUT2D eigenvalue weighted by Gasteiger charge is -2.00. The van der Waals surface area contributed by atoms with E-state index >= 15 is 0 Å². The van der Waals surface area contributed by atoms with Crippen molar-refractivity contribution in [1.82, 2.24) is 15.6 Å². The summed E-state index contributed by atoms with van der Waals surface area (Å²) in [6.45, 7) is 1.74. The van der Waals surface area contributed by atoms with Crippen LogP contribution in [0.1, 0.15) is 21.9 Å². The summed E-state index contributed by atoms with van der Waals surface area (Å²) >= 11 is 0. The second kappa shape index (κ2) is 5.27. The molecule has 2 rings (SSSR count). The summed E-state index contributed by atoms with van der Waals surface area (Å²) in [4.78, 5) is 11.5. The Labute approximate surface area is 113 Å². The van der Waals surface area contributed by atoms with Crippen LogP contribution >= 0.6 is 0 Å². The monoisotopic (exact) mass is 297 g/mol. The fraction of sp³-hybridized carbons (Fsp3) is 0.100. The Hall–Kier alpha value is -2.46. The molecule has 20 heavy (non-hydrogen) atoms. The van der Waals surface area contributed by atoms with Gasteiger partial charge in [0, 0.05) is 5.69 Å². The molecule has 0 unspecified atom stereocenters. The summed E-state index contributed by atoms with van der Waals surface area (Å²) in [6, 6.07) is 3.77. The number of carbonyl (C=O) groups excluding carboxylic acids is 1. The van der Waals surface area contributed by atoms with Gasteiger partial charge >= 0.3 is 0 Å². The molecule has 0 aliphatic heterocycles. The number of hydrazone groups is 1. The molecule has 0 spiro atoms. The van der Waals surface area contributed by atoms with Crippen LogP contribution in [0.25, 0.3) is 0 Å². The summed E-state index contributed by atoms with van der Waals surface area (Å²) in [6.07, 6.45) is 1.06. The first-order chi connectivity index (χ1) is 9.36. The average Bonchev–Trinajstić information content (AvgIpc) is 2.97. The standard InChI is InChI=1S/C10H10N4O5S/c1-6-4-8(13-12-6)10(15)14-11-5-7-2-3-9(19-7)20(16,17)18/h2-5H,1H3,(H,12,13)(H,14,15)(H,16,17,18)/p-1/b11-5+. The zero-order valence-corrected chi connectivity index (χ0v) is 11.0. The third kappa shape index (κ3) is 3.30. The maximum absolute atomic E-state index is 11.5. The van der Waals surface area contributed by atoms with Crippen LogP contribution in [-0.2, 0) is 10.1 Å². The molecule has 2 aromatic heterocycles. The maximum atomic E-state index is 11.5. The Morgan fingerprint density at radius 2 is 2.30 bits per heavy atom. The second-order valence-electron chi connectivity index (χ2n) is 3.75. The van der Waals surface area contributed by atoms with E-state index in [-0.39, 0.29) is 11.5 Å². The number of carbonyl (C=O) groups is 1. The van der Waals surface area contributed by atoms with Gasteiger partial charge in [0.15, 0.2) is 15.8 Å². The number of hydrogen-bond donors (Lipinski definition) is 2. The van der Waals surface area contributed by atoms with Gasteiger partial charge in [-0.2, -0.15) is 10.2 Å². The van der Waals surface area contributed by atoms with Crippen molar-refractivity contribution in [3.05, 3.63) is 35.3 Å². The quantitative estimate of drug-likeness (QED) is 0.461. The molecule has 0 saturated carbocycles. The fourth-order valence-electron chi connectivity index (χ4n) is 1.28. The first-order valence-electron chi connectivity index (χ1n) is 5.27. The van der Waals surface area contributed by atoms with Crippen molar-refractivity contribution in [3.63, 3.8) is 0 Å². The summed E-state index contributed by atoms with van der Waals surface area (Å²) in [5, 5.41) is 9.16. The number of aryl methyl sites for hydroxylation is 1. The lowest BCUT2D eigenvalue weighted by Crippen LogP contribution is -2.17. The molecule has 0 aliphatic rings. The number of nitrogens with one attached hydrogen (secondary N) is 2. The van der Waals surface area contributed by atoms with E-state index in [1.165, 1.54) is 12.1 Å². The number of aromatic amines is 1. The molecule has 0 aromatic carbocycles. The van der Waals surface area contributed by atoms with Crippen molar-refractivity contribution in [2.45, 2.75) is 12.0 Å². The molecule has 106 valence electrons. The third-order valence-corrected chi connectivity index (χ3v) is 2.86. The van der Waals surface area contributed by atoms with Gasteiger partial charge in [0.2, 0.25) is 5.09 Å². The number of rotatable bonds is 4. The van der Waals surface area contributed by atoms with Crippen molar-refractivity contribution in [1.29, 1.82) is 0 Å². The largest absolute Gasteiger partial charge is 0.742 e. The van der Waals surface area contributed by atoms with Gasteiger partial charge in [-0.05, 0) is 25.1 Å². The van der Waals surface area contributed by atoms with E-state index in [1.54, 1.807) is 6.92 Å². The zero-order valence-electron chi connectivity index (χ0n) is 10.2. The maximum Gasteiger partial charge on any atom is 0.291 e. The Kier molecular flexibility index (Phi) is 3.68. The van der Waals surface area contributed by atoms with E-state index in [9.17, 15) is 17.8 Å². The summed E-state index contributed by atoms with van der Waals surface area (Å²) in [5.41, 5.74) is 3.04. The molecule has 0 bridgehead atoms. The molecule has 2 heterocycles. The van der Waals surface area contributed by atoms with Crippen molar-refractivity contribution in [2.75, 3.05) is 0 Å². The van der Waals surface area contributed by atoms with Gasteiger partial charge in [-0.25, -0.2) is 13.8 Å². The van der Waals surface area contributed by atoms with Crippen LogP contribution in [0.4, 0.5) is 0 Å². The Morgan fingerprint density at radius 1 is 1.55 bits per heavy atom. The number of amides is 1. The first-order valence-corrected chi connectivity index (χ1v) is 6.68. The van der Waals surface area contributed by atoms with Gasteiger partial charge in [-0.15, -0.1) is 0 Å². The molecule has 0 aliphatic carbocycles. The van der Waals surface area contributed by atoms with Crippen LogP contribution in [0.2, 0.25) is 0 Å². The Bertz CT molecular complexity index is 758. The van der Waals surface area contributed by atoms with Gasteiger partial charge in [-0.3, -0.25) is 9.89 Å². The van der Waals surface area contributed by atoms with E-state index < -0.39 is 21.1 Å². The molecule has 9 nitrogen and oxygen atoms in total. The van der Waals surface area contributed by atoms with Crippen LogP contribution in [0.15, 0.2) is 32.8 Å². The van der Waals surface area contributed by atoms with Crippen molar-refractivity contribution >= 4 is 22.2 Å². The average molecular weight is 297 g/mol. The summed E-state index contributed by atoms with van der Waals surface area (Å²) in [7, 11) is -4.64. The SMILES string of the molecule is Cc1cc(C(=O)N/N=C/c2ccc(S(=O)(=O)[O-])o2)n[nH]1. The lowest BCUT2D eigenvalue weighted by molar-refractivity contribution is 0.0950. The highest BCUT2D eigenvalue weighted by molar-refractivity contribution is 7.85. The summed E-state index contributed by atoms with van der Waals surface area (Å²) < 4.78 is 36.6. The van der Waals surface area contributed by atoms with E-state index in [4.69, 9.17) is 4.42 Å². The van der Waals surface area contributed by atoms with Gasteiger partial charge in [-0.1, -0.05) is 0 Å². The van der Waals surface area contributed by atoms with Crippen molar-refractivity contribution < 1.29 is 22.2 Å². The highest BCUT2D eigenvalue weighted by Crippen LogP contribution is 2.11. The summed E-state index contributed by atoms with van der Waals surface area (Å²) in [5.74, 6) is -0.535. The highest BCUT2D eigenvalue weighted by atomic mass is 32.2.